The highest BCUT2D eigenvalue weighted by Gasteiger charge is 2.31. The van der Waals surface area contributed by atoms with Gasteiger partial charge in [0.2, 0.25) is 0 Å². The van der Waals surface area contributed by atoms with Crippen molar-refractivity contribution >= 4 is 5.82 Å². The second-order valence-corrected chi connectivity index (χ2v) is 3.96. The van der Waals surface area contributed by atoms with Crippen molar-refractivity contribution in [2.75, 3.05) is 5.73 Å². The third-order valence-corrected chi connectivity index (χ3v) is 2.60. The van der Waals surface area contributed by atoms with Crippen LogP contribution in [-0.2, 0) is 0 Å². The van der Waals surface area contributed by atoms with Crippen molar-refractivity contribution < 1.29 is 17.9 Å². The highest BCUT2D eigenvalue weighted by Crippen LogP contribution is 2.29. The molecule has 0 saturated heterocycles. The highest BCUT2D eigenvalue weighted by molar-refractivity contribution is 5.45. The number of nitrogens with two attached hydrogens (primary N) is 2. The van der Waals surface area contributed by atoms with E-state index in [1.807, 2.05) is 0 Å². The predicted molar refractivity (Wildman–Crippen MR) is 65.3 cm³/mol. The van der Waals surface area contributed by atoms with Crippen molar-refractivity contribution in [3.8, 4) is 5.75 Å². The molecule has 0 fully saturated rings. The van der Waals surface area contributed by atoms with E-state index in [2.05, 4.69) is 20.4 Å². The fourth-order valence-corrected chi connectivity index (χ4v) is 1.79. The number of hydrogen-bond donors (Lipinski definition) is 4. The van der Waals surface area contributed by atoms with E-state index in [1.165, 1.54) is 24.4 Å². The third-order valence-electron chi connectivity index (χ3n) is 2.60. The van der Waals surface area contributed by atoms with E-state index in [-0.39, 0.29) is 11.6 Å². The summed E-state index contributed by atoms with van der Waals surface area (Å²) in [5.74, 6) is 5.37. The molecule has 0 aliphatic rings. The summed E-state index contributed by atoms with van der Waals surface area (Å²) in [7, 11) is 0. The second-order valence-electron chi connectivity index (χ2n) is 3.96. The van der Waals surface area contributed by atoms with Crippen LogP contribution in [0.5, 0.6) is 5.75 Å². The van der Waals surface area contributed by atoms with Gasteiger partial charge in [-0.3, -0.25) is 10.9 Å². The number of alkyl halides is 3. The molecule has 9 heteroatoms. The third kappa shape index (κ3) is 3.19. The average Bonchev–Trinajstić information content (AvgIpc) is 2.75. The van der Waals surface area contributed by atoms with Gasteiger partial charge in [0.15, 0.2) is 0 Å². The van der Waals surface area contributed by atoms with Gasteiger partial charge in [-0.05, 0) is 17.7 Å². The molecule has 1 atom stereocenters. The van der Waals surface area contributed by atoms with Crippen LogP contribution in [0.15, 0.2) is 30.5 Å². The van der Waals surface area contributed by atoms with Crippen LogP contribution in [0.2, 0.25) is 0 Å². The minimum Gasteiger partial charge on any atom is -0.406 e. The summed E-state index contributed by atoms with van der Waals surface area (Å²) in [6.45, 7) is 0. The summed E-state index contributed by atoms with van der Waals surface area (Å²) in [6, 6.07) is 4.84. The Hall–Kier alpha value is -2.26. The topological polar surface area (TPSA) is 102 Å². The van der Waals surface area contributed by atoms with Crippen LogP contribution in [0.1, 0.15) is 17.2 Å². The van der Waals surface area contributed by atoms with E-state index < -0.39 is 12.4 Å². The maximum atomic E-state index is 12.2. The number of anilines is 1. The summed E-state index contributed by atoms with van der Waals surface area (Å²) < 4.78 is 40.4. The van der Waals surface area contributed by atoms with E-state index in [1.54, 1.807) is 6.07 Å². The van der Waals surface area contributed by atoms with Crippen molar-refractivity contribution in [2.45, 2.75) is 12.4 Å². The molecule has 1 unspecified atom stereocenters. The highest BCUT2D eigenvalue weighted by atomic mass is 19.4. The molecule has 6 N–H and O–H groups in total. The molecule has 0 radical (unpaired) electrons. The summed E-state index contributed by atoms with van der Waals surface area (Å²) >= 11 is 0. The van der Waals surface area contributed by atoms with E-state index in [4.69, 9.17) is 11.6 Å². The average molecular weight is 287 g/mol. The lowest BCUT2D eigenvalue weighted by Gasteiger charge is -2.17. The Bertz CT molecular complexity index is 583. The number of nitrogens with one attached hydrogen (secondary N) is 2. The Kier molecular flexibility index (Phi) is 3.81. The number of benzene rings is 1. The Morgan fingerprint density at radius 2 is 2.10 bits per heavy atom. The first kappa shape index (κ1) is 14.2. The molecule has 2 aromatic rings. The lowest BCUT2D eigenvalue weighted by atomic mass is 10.0. The smallest absolute Gasteiger partial charge is 0.406 e. The number of ether oxygens (including phenoxy) is 1. The van der Waals surface area contributed by atoms with E-state index in [0.29, 0.717) is 11.1 Å². The number of nitrogens with zero attached hydrogens (tertiary/aromatic N) is 1. The lowest BCUT2D eigenvalue weighted by molar-refractivity contribution is -0.274. The molecule has 6 nitrogen and oxygen atoms in total. The number of aromatic nitrogens is 2. The molecule has 1 heterocycles. The number of hydrazine groups is 1. The largest absolute Gasteiger partial charge is 0.573 e. The second kappa shape index (κ2) is 5.39. The monoisotopic (exact) mass is 287 g/mol. The molecule has 0 spiro atoms. The molecule has 0 amide bonds. The molecule has 0 bridgehead atoms. The molecule has 0 aliphatic carbocycles. The van der Waals surface area contributed by atoms with Gasteiger partial charge in [0.1, 0.15) is 11.6 Å². The van der Waals surface area contributed by atoms with Gasteiger partial charge in [0.25, 0.3) is 0 Å². The van der Waals surface area contributed by atoms with E-state index >= 15 is 0 Å². The summed E-state index contributed by atoms with van der Waals surface area (Å²) in [4.78, 5) is 0. The molecule has 20 heavy (non-hydrogen) atoms. The Morgan fingerprint density at radius 3 is 2.65 bits per heavy atom. The first-order chi connectivity index (χ1) is 9.40. The zero-order valence-corrected chi connectivity index (χ0v) is 10.1. The number of H-pyrrole nitrogens is 1. The van der Waals surface area contributed by atoms with Crippen molar-refractivity contribution in [2.24, 2.45) is 5.84 Å². The molecule has 108 valence electrons. The van der Waals surface area contributed by atoms with Crippen LogP contribution >= 0.6 is 0 Å². The predicted octanol–water partition coefficient (Wildman–Crippen LogP) is 1.44. The first-order valence-corrected chi connectivity index (χ1v) is 5.51. The number of halogens is 3. The maximum Gasteiger partial charge on any atom is 0.573 e. The van der Waals surface area contributed by atoms with E-state index in [9.17, 15) is 13.2 Å². The van der Waals surface area contributed by atoms with Crippen LogP contribution < -0.4 is 21.7 Å². The van der Waals surface area contributed by atoms with Crippen molar-refractivity contribution in [3.63, 3.8) is 0 Å². The lowest BCUT2D eigenvalue weighted by Crippen LogP contribution is -2.29. The molecule has 1 aromatic carbocycles. The van der Waals surface area contributed by atoms with Gasteiger partial charge in [0, 0.05) is 5.56 Å². The first-order valence-electron chi connectivity index (χ1n) is 5.51. The van der Waals surface area contributed by atoms with Crippen molar-refractivity contribution in [1.29, 1.82) is 0 Å². The van der Waals surface area contributed by atoms with Crippen LogP contribution in [0.25, 0.3) is 0 Å². The Balaban J connectivity index is 2.32. The minimum atomic E-state index is -4.75. The number of hydrogen-bond acceptors (Lipinski definition) is 5. The summed E-state index contributed by atoms with van der Waals surface area (Å²) in [6.07, 6.45) is -3.31. The zero-order valence-electron chi connectivity index (χ0n) is 10.1. The molecule has 2 rings (SSSR count). The number of aromatic amines is 1. The molecular weight excluding hydrogens is 275 g/mol. The van der Waals surface area contributed by atoms with Gasteiger partial charge in [0.05, 0.1) is 12.2 Å². The Labute approximate surface area is 111 Å². The normalized spacial score (nSPS) is 13.2. The Morgan fingerprint density at radius 1 is 1.35 bits per heavy atom. The molecule has 0 saturated carbocycles. The molecular formula is C11H12F3N5O. The standard InChI is InChI=1S/C11H12F3N5O/c12-11(13,14)20-7-3-1-2-6(4-7)9(18-16)8-5-17-19-10(8)15/h1-5,9,18H,16H2,(H3,15,17,19). The maximum absolute atomic E-state index is 12.2. The van der Waals surface area contributed by atoms with E-state index in [0.717, 1.165) is 0 Å². The summed E-state index contributed by atoms with van der Waals surface area (Å²) in [5.41, 5.74) is 9.13. The van der Waals surface area contributed by atoms with Crippen LogP contribution in [0.3, 0.4) is 0 Å². The fourth-order valence-electron chi connectivity index (χ4n) is 1.79. The van der Waals surface area contributed by atoms with Gasteiger partial charge >= 0.3 is 6.36 Å². The fraction of sp³-hybridized carbons (Fsp3) is 0.182. The molecule has 0 aliphatic heterocycles. The van der Waals surface area contributed by atoms with Gasteiger partial charge in [-0.25, -0.2) is 5.43 Å². The quantitative estimate of drug-likeness (QED) is 0.503. The molecule has 1 aromatic heterocycles. The number of nitrogen functional groups attached to an aromatic ring is 1. The van der Waals surface area contributed by atoms with Crippen molar-refractivity contribution in [3.05, 3.63) is 41.6 Å². The minimum absolute atomic E-state index is 0.273. The van der Waals surface area contributed by atoms with Crippen LogP contribution in [0.4, 0.5) is 19.0 Å². The van der Waals surface area contributed by atoms with Crippen LogP contribution in [0, 0.1) is 0 Å². The van der Waals surface area contributed by atoms with Crippen molar-refractivity contribution in [1.82, 2.24) is 15.6 Å². The zero-order chi connectivity index (χ0) is 14.8. The van der Waals surface area contributed by atoms with Gasteiger partial charge < -0.3 is 10.5 Å². The van der Waals surface area contributed by atoms with Gasteiger partial charge in [-0.1, -0.05) is 12.1 Å². The van der Waals surface area contributed by atoms with Crippen LogP contribution in [-0.4, -0.2) is 16.6 Å². The number of rotatable bonds is 4. The van der Waals surface area contributed by atoms with Gasteiger partial charge in [-0.15, -0.1) is 13.2 Å². The van der Waals surface area contributed by atoms with Gasteiger partial charge in [-0.2, -0.15) is 5.10 Å². The summed E-state index contributed by atoms with van der Waals surface area (Å²) in [5, 5.41) is 6.27. The SMILES string of the molecule is NNC(c1cccc(OC(F)(F)F)c1)c1cn[nH]c1N.